The van der Waals surface area contributed by atoms with Gasteiger partial charge < -0.3 is 10.1 Å². The molecule has 0 aromatic carbocycles. The van der Waals surface area contributed by atoms with Crippen LogP contribution in [0.15, 0.2) is 9.59 Å². The zero-order valence-electron chi connectivity index (χ0n) is 11.4. The van der Waals surface area contributed by atoms with Gasteiger partial charge in [-0.05, 0) is 12.8 Å². The van der Waals surface area contributed by atoms with E-state index in [1.807, 2.05) is 0 Å². The van der Waals surface area contributed by atoms with Gasteiger partial charge in [-0.2, -0.15) is 0 Å². The maximum atomic E-state index is 11.8. The molecule has 106 valence electrons. The minimum atomic E-state index is -0.433. The topological polar surface area (TPSA) is 78.2 Å². The van der Waals surface area contributed by atoms with Crippen molar-refractivity contribution in [1.29, 1.82) is 0 Å². The van der Waals surface area contributed by atoms with Crippen molar-refractivity contribution >= 4 is 5.82 Å². The highest BCUT2D eigenvalue weighted by atomic mass is 16.5. The number of aryl methyl sites for hydroxylation is 1. The molecule has 0 unspecified atom stereocenters. The van der Waals surface area contributed by atoms with Crippen LogP contribution in [0.2, 0.25) is 0 Å². The summed E-state index contributed by atoms with van der Waals surface area (Å²) in [5, 5.41) is 6.82. The monoisotopic (exact) mass is 268 g/mol. The maximum Gasteiger partial charge on any atom is 0.346 e. The first-order valence-electron chi connectivity index (χ1n) is 6.59. The minimum absolute atomic E-state index is 0.180. The summed E-state index contributed by atoms with van der Waals surface area (Å²) in [4.78, 5) is 23.2. The molecule has 0 atom stereocenters. The van der Waals surface area contributed by atoms with Gasteiger partial charge in [0.05, 0.1) is 12.7 Å². The molecule has 0 amide bonds. The number of nitrogens with zero attached hydrogens (tertiary/aromatic N) is 3. The van der Waals surface area contributed by atoms with Crippen LogP contribution in [0.3, 0.4) is 0 Å². The summed E-state index contributed by atoms with van der Waals surface area (Å²) in [6.07, 6.45) is 5.08. The van der Waals surface area contributed by atoms with Crippen molar-refractivity contribution in [2.45, 2.75) is 31.8 Å². The molecule has 1 aromatic rings. The second-order valence-electron chi connectivity index (χ2n) is 4.82. The third-order valence-electron chi connectivity index (χ3n) is 3.37. The highest BCUT2D eigenvalue weighted by molar-refractivity contribution is 5.29. The molecule has 1 fully saturated rings. The quantitative estimate of drug-likeness (QED) is 0.751. The van der Waals surface area contributed by atoms with Crippen LogP contribution in [0.5, 0.6) is 0 Å². The summed E-state index contributed by atoms with van der Waals surface area (Å²) in [5.41, 5.74) is -0.846. The van der Waals surface area contributed by atoms with E-state index in [-0.39, 0.29) is 5.82 Å². The average molecular weight is 268 g/mol. The second kappa shape index (κ2) is 6.01. The number of hydrogen-bond donors (Lipinski definition) is 1. The van der Waals surface area contributed by atoms with E-state index in [2.05, 4.69) is 10.4 Å². The van der Waals surface area contributed by atoms with Crippen LogP contribution < -0.4 is 16.6 Å². The molecular formula is C12H20N4O3. The molecule has 1 aromatic heterocycles. The van der Waals surface area contributed by atoms with Gasteiger partial charge >= 0.3 is 5.69 Å². The van der Waals surface area contributed by atoms with E-state index in [4.69, 9.17) is 4.74 Å². The van der Waals surface area contributed by atoms with Crippen LogP contribution in [-0.2, 0) is 18.8 Å². The van der Waals surface area contributed by atoms with E-state index < -0.39 is 11.2 Å². The molecule has 19 heavy (non-hydrogen) atoms. The second-order valence-corrected chi connectivity index (χ2v) is 4.82. The fourth-order valence-corrected chi connectivity index (χ4v) is 2.26. The van der Waals surface area contributed by atoms with E-state index >= 15 is 0 Å². The van der Waals surface area contributed by atoms with Gasteiger partial charge in [0, 0.05) is 20.6 Å². The van der Waals surface area contributed by atoms with Crippen LogP contribution in [0.25, 0.3) is 0 Å². The summed E-state index contributed by atoms with van der Waals surface area (Å²) in [6.45, 7) is 1.05. The number of nitrogens with one attached hydrogen (secondary N) is 1. The first-order valence-corrected chi connectivity index (χ1v) is 6.59. The predicted octanol–water partition coefficient (Wildman–Crippen LogP) is -0.150. The molecular weight excluding hydrogens is 248 g/mol. The molecule has 1 heterocycles. The largest absolute Gasteiger partial charge is 0.376 e. The lowest BCUT2D eigenvalue weighted by Crippen LogP contribution is -2.40. The lowest BCUT2D eigenvalue weighted by Gasteiger charge is -2.12. The zero-order chi connectivity index (χ0) is 13.8. The number of aromatic nitrogens is 3. The Balaban J connectivity index is 1.89. The van der Waals surface area contributed by atoms with Crippen molar-refractivity contribution < 1.29 is 4.74 Å². The Bertz CT molecular complexity index is 543. The van der Waals surface area contributed by atoms with E-state index in [0.29, 0.717) is 19.3 Å². The maximum absolute atomic E-state index is 11.8. The fraction of sp³-hybridized carbons (Fsp3) is 0.750. The molecule has 7 nitrogen and oxygen atoms in total. The molecule has 0 spiro atoms. The van der Waals surface area contributed by atoms with Crippen molar-refractivity contribution in [3.05, 3.63) is 20.8 Å². The van der Waals surface area contributed by atoms with Crippen molar-refractivity contribution in [3.8, 4) is 0 Å². The zero-order valence-corrected chi connectivity index (χ0v) is 11.4. The van der Waals surface area contributed by atoms with Gasteiger partial charge in [0.1, 0.15) is 0 Å². The molecule has 1 saturated carbocycles. The van der Waals surface area contributed by atoms with Gasteiger partial charge in [0.15, 0.2) is 0 Å². The van der Waals surface area contributed by atoms with Crippen molar-refractivity contribution in [2.75, 3.05) is 18.5 Å². The molecule has 1 aliphatic rings. The summed E-state index contributed by atoms with van der Waals surface area (Å²) < 4.78 is 7.86. The van der Waals surface area contributed by atoms with Gasteiger partial charge in [-0.1, -0.05) is 12.8 Å². The first-order chi connectivity index (χ1) is 9.09. The molecule has 0 radical (unpaired) electrons. The molecule has 2 rings (SSSR count). The normalized spacial score (nSPS) is 15.9. The molecule has 0 aliphatic heterocycles. The Morgan fingerprint density at radius 3 is 2.68 bits per heavy atom. The van der Waals surface area contributed by atoms with E-state index in [1.165, 1.54) is 26.9 Å². The summed E-state index contributed by atoms with van der Waals surface area (Å²) in [7, 11) is 2.95. The van der Waals surface area contributed by atoms with Crippen molar-refractivity contribution in [1.82, 2.24) is 14.3 Å². The van der Waals surface area contributed by atoms with Gasteiger partial charge in [0.25, 0.3) is 5.56 Å². The standard InChI is InChI=1S/C12H20N4O3/c1-15-11(17)10(14-16(2)12(15)18)13-7-8-19-9-5-3-4-6-9/h9H,3-8H2,1-2H3,(H,13,14). The Morgan fingerprint density at radius 2 is 2.00 bits per heavy atom. The molecule has 0 bridgehead atoms. The van der Waals surface area contributed by atoms with Crippen LogP contribution in [0.4, 0.5) is 5.82 Å². The van der Waals surface area contributed by atoms with Crippen LogP contribution in [-0.4, -0.2) is 33.6 Å². The van der Waals surface area contributed by atoms with Crippen LogP contribution >= 0.6 is 0 Å². The van der Waals surface area contributed by atoms with Gasteiger partial charge in [-0.25, -0.2) is 9.48 Å². The summed E-state index contributed by atoms with van der Waals surface area (Å²) in [5.74, 6) is 0.180. The highest BCUT2D eigenvalue weighted by Crippen LogP contribution is 2.20. The average Bonchev–Trinajstić information content (AvgIpc) is 2.91. The Hall–Kier alpha value is -1.63. The lowest BCUT2D eigenvalue weighted by molar-refractivity contribution is 0.0658. The van der Waals surface area contributed by atoms with Gasteiger partial charge in [-0.15, -0.1) is 5.10 Å². The molecule has 1 aliphatic carbocycles. The SMILES string of the molecule is Cn1nc(NCCOC2CCCC2)c(=O)n(C)c1=O. The Labute approximate surface area is 111 Å². The summed E-state index contributed by atoms with van der Waals surface area (Å²) in [6, 6.07) is 0. The van der Waals surface area contributed by atoms with Crippen LogP contribution in [0, 0.1) is 0 Å². The minimum Gasteiger partial charge on any atom is -0.376 e. The van der Waals surface area contributed by atoms with Crippen molar-refractivity contribution in [2.24, 2.45) is 14.1 Å². The predicted molar refractivity (Wildman–Crippen MR) is 71.4 cm³/mol. The highest BCUT2D eigenvalue weighted by Gasteiger charge is 2.15. The van der Waals surface area contributed by atoms with Gasteiger partial charge in [0.2, 0.25) is 5.82 Å². The molecule has 0 saturated heterocycles. The molecule has 7 heteroatoms. The third kappa shape index (κ3) is 3.23. The van der Waals surface area contributed by atoms with E-state index in [9.17, 15) is 9.59 Å². The number of rotatable bonds is 5. The molecule has 1 N–H and O–H groups in total. The number of hydrogen-bond acceptors (Lipinski definition) is 5. The van der Waals surface area contributed by atoms with Crippen LogP contribution in [0.1, 0.15) is 25.7 Å². The summed E-state index contributed by atoms with van der Waals surface area (Å²) >= 11 is 0. The lowest BCUT2D eigenvalue weighted by atomic mass is 10.3. The van der Waals surface area contributed by atoms with E-state index in [1.54, 1.807) is 0 Å². The third-order valence-corrected chi connectivity index (χ3v) is 3.37. The van der Waals surface area contributed by atoms with E-state index in [0.717, 1.165) is 22.1 Å². The Kier molecular flexibility index (Phi) is 4.36. The fourth-order valence-electron chi connectivity index (χ4n) is 2.26. The smallest absolute Gasteiger partial charge is 0.346 e. The number of ether oxygens (including phenoxy) is 1. The van der Waals surface area contributed by atoms with Crippen molar-refractivity contribution in [3.63, 3.8) is 0 Å². The number of anilines is 1. The Morgan fingerprint density at radius 1 is 1.32 bits per heavy atom. The first kappa shape index (κ1) is 13.8. The van der Waals surface area contributed by atoms with Gasteiger partial charge in [-0.3, -0.25) is 9.36 Å².